The Hall–Kier alpha value is -1.00. The van der Waals surface area contributed by atoms with Crippen molar-refractivity contribution in [3.05, 3.63) is 28.8 Å². The first-order chi connectivity index (χ1) is 5.65. The van der Waals surface area contributed by atoms with E-state index in [0.29, 0.717) is 0 Å². The third-order valence-electron chi connectivity index (χ3n) is 1.29. The molecule has 0 aromatic carbocycles. The highest BCUT2D eigenvalue weighted by molar-refractivity contribution is 6.30. The maximum Gasteiger partial charge on any atom is 0.223 e. The number of aromatic nitrogens is 1. The summed E-state index contributed by atoms with van der Waals surface area (Å²) in [6.45, 7) is -0.251. The molecule has 0 unspecified atom stereocenters. The molecule has 0 fully saturated rings. The van der Waals surface area contributed by atoms with Gasteiger partial charge in [0.2, 0.25) is 5.95 Å². The van der Waals surface area contributed by atoms with Gasteiger partial charge in [0.15, 0.2) is 5.78 Å². The minimum Gasteiger partial charge on any atom is -0.324 e. The number of hydrogen-bond acceptors (Lipinski definition) is 3. The number of Topliss-reactive ketones (excluding diaryl/α,β-unsaturated/α-hetero) is 1. The first-order valence-corrected chi connectivity index (χ1v) is 3.57. The Morgan fingerprint density at radius 3 is 3.00 bits per heavy atom. The number of rotatable bonds is 2. The molecule has 0 aliphatic carbocycles. The van der Waals surface area contributed by atoms with Crippen LogP contribution in [-0.4, -0.2) is 17.3 Å². The van der Waals surface area contributed by atoms with Crippen molar-refractivity contribution in [3.8, 4) is 0 Å². The predicted octanol–water partition coefficient (Wildman–Crippen LogP) is 1.02. The van der Waals surface area contributed by atoms with Gasteiger partial charge in [0.25, 0.3) is 0 Å². The molecule has 1 rings (SSSR count). The number of nitrogens with two attached hydrogens (primary N) is 1. The van der Waals surface area contributed by atoms with Crippen molar-refractivity contribution in [2.75, 3.05) is 6.54 Å². The Morgan fingerprint density at radius 1 is 1.75 bits per heavy atom. The Kier molecular flexibility index (Phi) is 2.73. The van der Waals surface area contributed by atoms with Gasteiger partial charge in [0, 0.05) is 6.20 Å². The van der Waals surface area contributed by atoms with Crippen LogP contribution in [0, 0.1) is 5.95 Å². The Balaban J connectivity index is 3.13. The summed E-state index contributed by atoms with van der Waals surface area (Å²) in [4.78, 5) is 14.2. The SMILES string of the molecule is NCC(=O)c1cc(Cl)cnc1F. The first-order valence-electron chi connectivity index (χ1n) is 3.19. The van der Waals surface area contributed by atoms with Crippen molar-refractivity contribution in [2.45, 2.75) is 0 Å². The van der Waals surface area contributed by atoms with Gasteiger partial charge in [-0.15, -0.1) is 0 Å². The van der Waals surface area contributed by atoms with E-state index in [-0.39, 0.29) is 17.1 Å². The molecule has 0 atom stereocenters. The molecular formula is C7H6ClFN2O. The van der Waals surface area contributed by atoms with Crippen LogP contribution in [0.3, 0.4) is 0 Å². The van der Waals surface area contributed by atoms with Gasteiger partial charge in [-0.3, -0.25) is 4.79 Å². The molecule has 0 amide bonds. The zero-order chi connectivity index (χ0) is 9.14. The standard InChI is InChI=1S/C7H6ClFN2O/c8-4-1-5(6(12)2-10)7(9)11-3-4/h1,3H,2,10H2. The summed E-state index contributed by atoms with van der Waals surface area (Å²) in [6, 6.07) is 1.21. The second-order valence-electron chi connectivity index (χ2n) is 2.12. The van der Waals surface area contributed by atoms with Crippen LogP contribution in [0.1, 0.15) is 10.4 Å². The summed E-state index contributed by atoms with van der Waals surface area (Å²) in [6.07, 6.45) is 1.13. The fourth-order valence-corrected chi connectivity index (χ4v) is 0.886. The molecule has 64 valence electrons. The molecule has 1 aromatic rings. The lowest BCUT2D eigenvalue weighted by Gasteiger charge is -1.98. The van der Waals surface area contributed by atoms with E-state index in [1.165, 1.54) is 6.07 Å². The van der Waals surface area contributed by atoms with Crippen molar-refractivity contribution in [1.82, 2.24) is 4.98 Å². The number of halogens is 2. The maximum absolute atomic E-state index is 12.8. The maximum atomic E-state index is 12.8. The molecule has 0 spiro atoms. The van der Waals surface area contributed by atoms with Crippen LogP contribution in [0.4, 0.5) is 4.39 Å². The van der Waals surface area contributed by atoms with Crippen molar-refractivity contribution in [2.24, 2.45) is 5.73 Å². The Labute approximate surface area is 73.4 Å². The molecule has 0 radical (unpaired) electrons. The fourth-order valence-electron chi connectivity index (χ4n) is 0.728. The van der Waals surface area contributed by atoms with Crippen molar-refractivity contribution in [1.29, 1.82) is 0 Å². The Bertz CT molecular complexity index is 316. The molecule has 1 aromatic heterocycles. The van der Waals surface area contributed by atoms with Crippen LogP contribution in [0.25, 0.3) is 0 Å². The van der Waals surface area contributed by atoms with Gasteiger partial charge in [-0.05, 0) is 6.07 Å². The second kappa shape index (κ2) is 3.60. The molecule has 0 saturated heterocycles. The van der Waals surface area contributed by atoms with Crippen LogP contribution in [0.5, 0.6) is 0 Å². The molecule has 2 N–H and O–H groups in total. The minimum atomic E-state index is -0.838. The molecule has 12 heavy (non-hydrogen) atoms. The number of hydrogen-bond donors (Lipinski definition) is 1. The minimum absolute atomic E-state index is 0.162. The monoisotopic (exact) mass is 188 g/mol. The number of carbonyl (C=O) groups is 1. The molecular weight excluding hydrogens is 183 g/mol. The number of carbonyl (C=O) groups excluding carboxylic acids is 1. The molecule has 5 heteroatoms. The van der Waals surface area contributed by atoms with Gasteiger partial charge >= 0.3 is 0 Å². The first kappa shape index (κ1) is 9.09. The zero-order valence-electron chi connectivity index (χ0n) is 6.05. The number of ketones is 1. The molecule has 0 bridgehead atoms. The van der Waals surface area contributed by atoms with Crippen LogP contribution < -0.4 is 5.73 Å². The smallest absolute Gasteiger partial charge is 0.223 e. The molecule has 3 nitrogen and oxygen atoms in total. The number of pyridine rings is 1. The van der Waals surface area contributed by atoms with Gasteiger partial charge in [-0.2, -0.15) is 4.39 Å². The van der Waals surface area contributed by atoms with E-state index in [2.05, 4.69) is 4.98 Å². The van der Waals surface area contributed by atoms with Gasteiger partial charge in [0.1, 0.15) is 0 Å². The number of nitrogens with zero attached hydrogens (tertiary/aromatic N) is 1. The lowest BCUT2D eigenvalue weighted by Crippen LogP contribution is -2.15. The van der Waals surface area contributed by atoms with Gasteiger partial charge in [0.05, 0.1) is 17.1 Å². The van der Waals surface area contributed by atoms with Crippen LogP contribution in [-0.2, 0) is 0 Å². The molecule has 0 aliphatic rings. The van der Waals surface area contributed by atoms with Crippen LogP contribution in [0.2, 0.25) is 5.02 Å². The summed E-state index contributed by atoms with van der Waals surface area (Å²) in [7, 11) is 0. The van der Waals surface area contributed by atoms with Gasteiger partial charge < -0.3 is 5.73 Å². The summed E-state index contributed by atoms with van der Waals surface area (Å²) in [5, 5.41) is 0.216. The average Bonchev–Trinajstić information content (AvgIpc) is 2.08. The highest BCUT2D eigenvalue weighted by Crippen LogP contribution is 2.12. The predicted molar refractivity (Wildman–Crippen MR) is 42.6 cm³/mol. The topological polar surface area (TPSA) is 56.0 Å². The normalized spacial score (nSPS) is 9.92. The van der Waals surface area contributed by atoms with E-state index in [1.54, 1.807) is 0 Å². The van der Waals surface area contributed by atoms with Crippen molar-refractivity contribution in [3.63, 3.8) is 0 Å². The van der Waals surface area contributed by atoms with Gasteiger partial charge in [-0.25, -0.2) is 4.98 Å². The summed E-state index contributed by atoms with van der Waals surface area (Å²) in [5.74, 6) is -1.35. The zero-order valence-corrected chi connectivity index (χ0v) is 6.81. The third-order valence-corrected chi connectivity index (χ3v) is 1.50. The van der Waals surface area contributed by atoms with E-state index in [1.807, 2.05) is 0 Å². The van der Waals surface area contributed by atoms with E-state index < -0.39 is 11.7 Å². The van der Waals surface area contributed by atoms with Crippen LogP contribution >= 0.6 is 11.6 Å². The Morgan fingerprint density at radius 2 is 2.42 bits per heavy atom. The summed E-state index contributed by atoms with van der Waals surface area (Å²) in [5.41, 5.74) is 4.87. The van der Waals surface area contributed by atoms with Crippen LogP contribution in [0.15, 0.2) is 12.3 Å². The molecule has 0 aliphatic heterocycles. The van der Waals surface area contributed by atoms with E-state index in [4.69, 9.17) is 17.3 Å². The van der Waals surface area contributed by atoms with E-state index >= 15 is 0 Å². The average molecular weight is 189 g/mol. The van der Waals surface area contributed by atoms with Gasteiger partial charge in [-0.1, -0.05) is 11.6 Å². The molecule has 0 saturated carbocycles. The van der Waals surface area contributed by atoms with Crippen molar-refractivity contribution >= 4 is 17.4 Å². The van der Waals surface area contributed by atoms with Crippen molar-refractivity contribution < 1.29 is 9.18 Å². The van der Waals surface area contributed by atoms with E-state index in [9.17, 15) is 9.18 Å². The second-order valence-corrected chi connectivity index (χ2v) is 2.56. The van der Waals surface area contributed by atoms with E-state index in [0.717, 1.165) is 6.20 Å². The quantitative estimate of drug-likeness (QED) is 0.557. The highest BCUT2D eigenvalue weighted by Gasteiger charge is 2.11. The summed E-state index contributed by atoms with van der Waals surface area (Å²) >= 11 is 5.50. The molecule has 1 heterocycles. The lowest BCUT2D eigenvalue weighted by atomic mass is 10.2. The summed E-state index contributed by atoms with van der Waals surface area (Å²) < 4.78 is 12.8. The third kappa shape index (κ3) is 1.78. The largest absolute Gasteiger partial charge is 0.324 e. The highest BCUT2D eigenvalue weighted by atomic mass is 35.5. The lowest BCUT2D eigenvalue weighted by molar-refractivity contribution is 0.0996. The fraction of sp³-hybridized carbons (Fsp3) is 0.143.